The molecule has 0 heterocycles. The Balaban J connectivity index is 2.92. The third-order valence-corrected chi connectivity index (χ3v) is 3.28. The van der Waals surface area contributed by atoms with Gasteiger partial charge in [0.25, 0.3) is 0 Å². The SMILES string of the molecule is N=CC(c1c(F)c(F)c(F)c(F)c1F)c1c(F)c(F)c(F)c(F)c1F. The van der Waals surface area contributed by atoms with E-state index in [2.05, 4.69) is 0 Å². The Hall–Kier alpha value is -2.59. The van der Waals surface area contributed by atoms with Crippen LogP contribution < -0.4 is 0 Å². The fourth-order valence-electron chi connectivity index (χ4n) is 2.10. The summed E-state index contributed by atoms with van der Waals surface area (Å²) in [5.41, 5.74) is -3.87. The average molecular weight is 375 g/mol. The first-order valence-electron chi connectivity index (χ1n) is 6.09. The van der Waals surface area contributed by atoms with Crippen molar-refractivity contribution in [3.8, 4) is 0 Å². The van der Waals surface area contributed by atoms with Crippen LogP contribution in [-0.4, -0.2) is 6.21 Å². The molecule has 0 aliphatic heterocycles. The van der Waals surface area contributed by atoms with Gasteiger partial charge < -0.3 is 5.41 Å². The molecule has 0 saturated heterocycles. The van der Waals surface area contributed by atoms with E-state index < -0.39 is 75.2 Å². The van der Waals surface area contributed by atoms with Crippen LogP contribution in [0.5, 0.6) is 0 Å². The third-order valence-electron chi connectivity index (χ3n) is 3.28. The minimum Gasteiger partial charge on any atom is -0.312 e. The second-order valence-corrected chi connectivity index (χ2v) is 4.61. The first-order valence-corrected chi connectivity index (χ1v) is 6.09. The summed E-state index contributed by atoms with van der Waals surface area (Å²) in [5.74, 6) is -28.3. The van der Waals surface area contributed by atoms with Crippen molar-refractivity contribution >= 4 is 6.21 Å². The number of hydrogen-bond donors (Lipinski definition) is 1. The average Bonchev–Trinajstić information content (AvgIpc) is 2.60. The zero-order valence-corrected chi connectivity index (χ0v) is 11.4. The normalized spacial score (nSPS) is 11.3. The van der Waals surface area contributed by atoms with E-state index in [-0.39, 0.29) is 6.21 Å². The second-order valence-electron chi connectivity index (χ2n) is 4.61. The molecule has 2 rings (SSSR count). The molecule has 134 valence electrons. The van der Waals surface area contributed by atoms with Crippen LogP contribution >= 0.6 is 0 Å². The highest BCUT2D eigenvalue weighted by Gasteiger charge is 2.36. The maximum Gasteiger partial charge on any atom is 0.200 e. The molecular formula is C14H3F10N. The number of halogens is 10. The van der Waals surface area contributed by atoms with Crippen molar-refractivity contribution in [2.24, 2.45) is 0 Å². The van der Waals surface area contributed by atoms with Crippen molar-refractivity contribution in [3.05, 3.63) is 69.3 Å². The van der Waals surface area contributed by atoms with Crippen molar-refractivity contribution in [1.82, 2.24) is 0 Å². The summed E-state index contributed by atoms with van der Waals surface area (Å²) >= 11 is 0. The van der Waals surface area contributed by atoms with E-state index in [0.717, 1.165) is 0 Å². The van der Waals surface area contributed by atoms with E-state index in [9.17, 15) is 43.9 Å². The molecular weight excluding hydrogens is 372 g/mol. The molecule has 0 fully saturated rings. The van der Waals surface area contributed by atoms with Crippen LogP contribution in [0.2, 0.25) is 0 Å². The Morgan fingerprint density at radius 1 is 0.440 bits per heavy atom. The first kappa shape index (κ1) is 18.7. The fraction of sp³-hybridized carbons (Fsp3) is 0.0714. The van der Waals surface area contributed by atoms with Gasteiger partial charge in [-0.3, -0.25) is 0 Å². The van der Waals surface area contributed by atoms with Crippen molar-refractivity contribution in [3.63, 3.8) is 0 Å². The molecule has 0 saturated carbocycles. The molecule has 0 radical (unpaired) electrons. The van der Waals surface area contributed by atoms with Crippen LogP contribution in [0.4, 0.5) is 43.9 Å². The summed E-state index contributed by atoms with van der Waals surface area (Å²) in [4.78, 5) is 0. The number of rotatable bonds is 3. The fourth-order valence-corrected chi connectivity index (χ4v) is 2.10. The van der Waals surface area contributed by atoms with E-state index in [4.69, 9.17) is 5.41 Å². The Morgan fingerprint density at radius 3 is 0.840 bits per heavy atom. The molecule has 0 amide bonds. The topological polar surface area (TPSA) is 23.9 Å². The summed E-state index contributed by atoms with van der Waals surface area (Å²) in [6.45, 7) is 0. The van der Waals surface area contributed by atoms with Gasteiger partial charge in [0.2, 0.25) is 11.6 Å². The van der Waals surface area contributed by atoms with Crippen molar-refractivity contribution in [2.45, 2.75) is 5.92 Å². The highest BCUT2D eigenvalue weighted by atomic mass is 19.2. The summed E-state index contributed by atoms with van der Waals surface area (Å²) in [7, 11) is 0. The maximum absolute atomic E-state index is 13.7. The van der Waals surface area contributed by atoms with Gasteiger partial charge >= 0.3 is 0 Å². The highest BCUT2D eigenvalue weighted by Crippen LogP contribution is 2.36. The third kappa shape index (κ3) is 2.63. The molecule has 1 nitrogen and oxygen atoms in total. The predicted molar refractivity (Wildman–Crippen MR) is 63.1 cm³/mol. The van der Waals surface area contributed by atoms with Crippen molar-refractivity contribution in [2.75, 3.05) is 0 Å². The summed E-state index contributed by atoms with van der Waals surface area (Å²) in [5, 5.41) is 6.94. The van der Waals surface area contributed by atoms with E-state index in [1.165, 1.54) is 0 Å². The molecule has 2 aromatic carbocycles. The second kappa shape index (κ2) is 6.37. The lowest BCUT2D eigenvalue weighted by atomic mass is 9.89. The minimum absolute atomic E-state index is 0.226. The monoisotopic (exact) mass is 375 g/mol. The van der Waals surface area contributed by atoms with Gasteiger partial charge in [0.1, 0.15) is 0 Å². The first-order chi connectivity index (χ1) is 11.6. The Kier molecular flexibility index (Phi) is 4.78. The smallest absolute Gasteiger partial charge is 0.200 e. The van der Waals surface area contributed by atoms with Gasteiger partial charge in [0, 0.05) is 17.3 Å². The Morgan fingerprint density at radius 2 is 0.640 bits per heavy atom. The predicted octanol–water partition coefficient (Wildman–Crippen LogP) is 4.86. The quantitative estimate of drug-likeness (QED) is 0.343. The van der Waals surface area contributed by atoms with Gasteiger partial charge in [-0.2, -0.15) is 0 Å². The molecule has 1 N–H and O–H groups in total. The maximum atomic E-state index is 13.7. The van der Waals surface area contributed by atoms with Crippen molar-refractivity contribution < 1.29 is 43.9 Å². The van der Waals surface area contributed by atoms with Crippen LogP contribution in [0.1, 0.15) is 17.0 Å². The molecule has 0 atom stereocenters. The Bertz CT molecular complexity index is 765. The highest BCUT2D eigenvalue weighted by molar-refractivity contribution is 5.71. The molecule has 0 aromatic heterocycles. The van der Waals surface area contributed by atoms with Crippen LogP contribution in [0.15, 0.2) is 0 Å². The van der Waals surface area contributed by atoms with Crippen LogP contribution in [-0.2, 0) is 0 Å². The molecule has 0 spiro atoms. The lowest BCUT2D eigenvalue weighted by molar-refractivity contribution is 0.360. The van der Waals surface area contributed by atoms with Crippen molar-refractivity contribution in [1.29, 1.82) is 5.41 Å². The van der Waals surface area contributed by atoms with E-state index in [1.807, 2.05) is 0 Å². The van der Waals surface area contributed by atoms with E-state index in [0.29, 0.717) is 0 Å². The molecule has 11 heteroatoms. The molecule has 0 aliphatic rings. The number of nitrogens with one attached hydrogen (secondary N) is 1. The van der Waals surface area contributed by atoms with Crippen LogP contribution in [0.3, 0.4) is 0 Å². The van der Waals surface area contributed by atoms with Gasteiger partial charge in [-0.15, -0.1) is 0 Å². The van der Waals surface area contributed by atoms with E-state index >= 15 is 0 Å². The van der Waals surface area contributed by atoms with E-state index in [1.54, 1.807) is 0 Å². The zero-order chi connectivity index (χ0) is 19.2. The molecule has 2 aromatic rings. The summed E-state index contributed by atoms with van der Waals surface area (Å²) in [6.07, 6.45) is -0.226. The van der Waals surface area contributed by atoms with Gasteiger partial charge in [-0.1, -0.05) is 0 Å². The summed E-state index contributed by atoms with van der Waals surface area (Å²) in [6, 6.07) is 0. The van der Waals surface area contributed by atoms with Gasteiger partial charge in [-0.05, 0) is 0 Å². The zero-order valence-electron chi connectivity index (χ0n) is 11.4. The van der Waals surface area contributed by atoms with Gasteiger partial charge in [0.15, 0.2) is 46.5 Å². The molecule has 0 aliphatic carbocycles. The largest absolute Gasteiger partial charge is 0.312 e. The van der Waals surface area contributed by atoms with Gasteiger partial charge in [-0.25, -0.2) is 43.9 Å². The standard InChI is InChI=1S/C14H3F10N/c15-5-3(6(16)10(20)13(23)9(5)19)2(1-25)4-7(17)11(21)14(24)12(22)8(4)18/h1-2,25H. The lowest BCUT2D eigenvalue weighted by Crippen LogP contribution is -2.18. The van der Waals surface area contributed by atoms with Crippen LogP contribution in [0, 0.1) is 63.6 Å². The summed E-state index contributed by atoms with van der Waals surface area (Å²) < 4.78 is 134. The lowest BCUT2D eigenvalue weighted by Gasteiger charge is -2.18. The number of hydrogen-bond acceptors (Lipinski definition) is 1. The number of benzene rings is 2. The Labute approximate surface area is 132 Å². The molecule has 0 unspecified atom stereocenters. The molecule has 25 heavy (non-hydrogen) atoms. The minimum atomic E-state index is -2.77. The molecule has 0 bridgehead atoms. The van der Waals surface area contributed by atoms with Gasteiger partial charge in [0.05, 0.1) is 5.92 Å². The van der Waals surface area contributed by atoms with Crippen LogP contribution in [0.25, 0.3) is 0 Å².